The number of nitrogens with one attached hydrogen (secondary N) is 1. The summed E-state index contributed by atoms with van der Waals surface area (Å²) in [5.74, 6) is -1.54. The van der Waals surface area contributed by atoms with Gasteiger partial charge >= 0.3 is 5.97 Å². The van der Waals surface area contributed by atoms with Gasteiger partial charge in [0.2, 0.25) is 13.3 Å². The molecule has 1 aromatic carbocycles. The molecule has 0 unspecified atom stereocenters. The normalized spacial score (nSPS) is 22.4. The molecule has 3 rings (SSSR count). The van der Waals surface area contributed by atoms with Crippen molar-refractivity contribution in [1.29, 1.82) is 0 Å². The van der Waals surface area contributed by atoms with Crippen molar-refractivity contribution in [3.63, 3.8) is 0 Å². The molecular weight excluding hydrogens is 384 g/mol. The molecule has 0 spiro atoms. The Kier molecular flexibility index (Phi) is 6.30. The van der Waals surface area contributed by atoms with Gasteiger partial charge in [0.1, 0.15) is 5.78 Å². The first-order valence-electron chi connectivity index (χ1n) is 9.29. The van der Waals surface area contributed by atoms with Crippen LogP contribution in [0.15, 0.2) is 18.2 Å². The van der Waals surface area contributed by atoms with E-state index < -0.39 is 35.2 Å². The van der Waals surface area contributed by atoms with Gasteiger partial charge in [0.15, 0.2) is 18.1 Å². The molecule has 1 heterocycles. The van der Waals surface area contributed by atoms with Gasteiger partial charge in [0.05, 0.1) is 6.42 Å². The van der Waals surface area contributed by atoms with Gasteiger partial charge in [0, 0.05) is 29.7 Å². The molecule has 0 radical (unpaired) electrons. The van der Waals surface area contributed by atoms with Crippen molar-refractivity contribution in [2.45, 2.75) is 26.3 Å². The first-order valence-corrected chi connectivity index (χ1v) is 9.29. The zero-order valence-corrected chi connectivity index (χ0v) is 15.9. The van der Waals surface area contributed by atoms with E-state index in [4.69, 9.17) is 14.2 Å². The minimum atomic E-state index is -0.736. The predicted octanol–water partition coefficient (Wildman–Crippen LogP) is 1.08. The fourth-order valence-electron chi connectivity index (χ4n) is 3.69. The number of amides is 1. The summed E-state index contributed by atoms with van der Waals surface area (Å²) in [5, 5.41) is 13.4. The van der Waals surface area contributed by atoms with Crippen molar-refractivity contribution in [2.75, 3.05) is 19.9 Å². The Morgan fingerprint density at radius 1 is 1.31 bits per heavy atom. The zero-order valence-electron chi connectivity index (χ0n) is 15.9. The van der Waals surface area contributed by atoms with Crippen LogP contribution in [0.2, 0.25) is 0 Å². The van der Waals surface area contributed by atoms with Crippen LogP contribution in [-0.4, -0.2) is 42.5 Å². The van der Waals surface area contributed by atoms with E-state index in [0.717, 1.165) is 5.56 Å². The van der Waals surface area contributed by atoms with E-state index in [0.29, 0.717) is 11.5 Å². The molecule has 10 nitrogen and oxygen atoms in total. The molecule has 1 N–H and O–H groups in total. The highest BCUT2D eigenvalue weighted by molar-refractivity contribution is 5.88. The summed E-state index contributed by atoms with van der Waals surface area (Å²) in [6, 6.07) is 5.27. The fourth-order valence-corrected chi connectivity index (χ4v) is 3.69. The molecule has 1 saturated carbocycles. The maximum absolute atomic E-state index is 12.1. The first-order chi connectivity index (χ1) is 13.8. The molecule has 1 amide bonds. The van der Waals surface area contributed by atoms with Crippen LogP contribution < -0.4 is 14.8 Å². The van der Waals surface area contributed by atoms with E-state index >= 15 is 0 Å². The van der Waals surface area contributed by atoms with Crippen molar-refractivity contribution in [3.8, 4) is 11.5 Å². The summed E-state index contributed by atoms with van der Waals surface area (Å²) >= 11 is 0. The SMILES string of the molecule is C[C@@H]1CC(=O)[C@H](CC(=O)OCC(=O)NCc2ccc3c(c2)OCO3)[C@@H]1C[N+](=O)[O-]. The van der Waals surface area contributed by atoms with Crippen molar-refractivity contribution >= 4 is 17.7 Å². The fraction of sp³-hybridized carbons (Fsp3) is 0.526. The lowest BCUT2D eigenvalue weighted by Gasteiger charge is -2.17. The number of carbonyl (C=O) groups is 3. The molecular formula is C19H22N2O8. The first kappa shape index (κ1) is 20.6. The van der Waals surface area contributed by atoms with Crippen LogP contribution in [0.25, 0.3) is 0 Å². The number of ether oxygens (including phenoxy) is 3. The number of esters is 1. The second-order valence-electron chi connectivity index (χ2n) is 7.26. The summed E-state index contributed by atoms with van der Waals surface area (Å²) in [7, 11) is 0. The third-order valence-corrected chi connectivity index (χ3v) is 5.22. The summed E-state index contributed by atoms with van der Waals surface area (Å²) in [6.45, 7) is 1.30. The smallest absolute Gasteiger partial charge is 0.307 e. The van der Waals surface area contributed by atoms with Crippen LogP contribution in [0.3, 0.4) is 0 Å². The van der Waals surface area contributed by atoms with Gasteiger partial charge in [-0.15, -0.1) is 0 Å². The van der Waals surface area contributed by atoms with Crippen LogP contribution in [0, 0.1) is 27.9 Å². The number of nitro groups is 1. The van der Waals surface area contributed by atoms with E-state index in [2.05, 4.69) is 5.32 Å². The minimum absolute atomic E-state index is 0.157. The number of ketones is 1. The van der Waals surface area contributed by atoms with Crippen molar-refractivity contribution < 1.29 is 33.5 Å². The molecule has 3 atom stereocenters. The molecule has 2 aliphatic rings. The maximum Gasteiger partial charge on any atom is 0.307 e. The Labute approximate surface area is 166 Å². The molecule has 1 fully saturated rings. The van der Waals surface area contributed by atoms with Gasteiger partial charge in [-0.2, -0.15) is 0 Å². The van der Waals surface area contributed by atoms with Gasteiger partial charge in [0.25, 0.3) is 5.91 Å². The van der Waals surface area contributed by atoms with Gasteiger partial charge in [-0.3, -0.25) is 24.5 Å². The standard InChI is InChI=1S/C19H22N2O8/c1-11-4-15(22)13(14(11)8-21(25)26)6-19(24)27-9-18(23)20-7-12-2-3-16-17(5-12)29-10-28-16/h2-3,5,11,13-14H,4,6-10H2,1H3,(H,20,23)/t11-,13-,14-/m1/s1. The van der Waals surface area contributed by atoms with Crippen LogP contribution >= 0.6 is 0 Å². The molecule has 29 heavy (non-hydrogen) atoms. The molecule has 0 bridgehead atoms. The van der Waals surface area contributed by atoms with Gasteiger partial charge < -0.3 is 19.5 Å². The van der Waals surface area contributed by atoms with E-state index in [1.165, 1.54) is 0 Å². The number of carbonyl (C=O) groups excluding carboxylic acids is 3. The molecule has 0 aromatic heterocycles. The maximum atomic E-state index is 12.1. The van der Waals surface area contributed by atoms with E-state index in [9.17, 15) is 24.5 Å². The number of hydrogen-bond donors (Lipinski definition) is 1. The van der Waals surface area contributed by atoms with Crippen LogP contribution in [0.4, 0.5) is 0 Å². The number of hydrogen-bond acceptors (Lipinski definition) is 8. The number of Topliss-reactive ketones (excluding diaryl/α,β-unsaturated/α-hetero) is 1. The Hall–Kier alpha value is -3.17. The molecule has 1 aliphatic heterocycles. The molecule has 1 aromatic rings. The van der Waals surface area contributed by atoms with Crippen LogP contribution in [0.1, 0.15) is 25.3 Å². The van der Waals surface area contributed by atoms with Crippen molar-refractivity contribution in [3.05, 3.63) is 33.9 Å². The average Bonchev–Trinajstić information content (AvgIpc) is 3.23. The number of benzene rings is 1. The van der Waals surface area contributed by atoms with Crippen molar-refractivity contribution in [1.82, 2.24) is 5.32 Å². The number of rotatable bonds is 8. The lowest BCUT2D eigenvalue weighted by molar-refractivity contribution is -0.490. The predicted molar refractivity (Wildman–Crippen MR) is 97.6 cm³/mol. The zero-order chi connectivity index (χ0) is 21.0. The highest BCUT2D eigenvalue weighted by atomic mass is 16.7. The second-order valence-corrected chi connectivity index (χ2v) is 7.26. The van der Waals surface area contributed by atoms with Gasteiger partial charge in [-0.25, -0.2) is 0 Å². The third kappa shape index (κ3) is 5.21. The van der Waals surface area contributed by atoms with Crippen LogP contribution in [-0.2, 0) is 25.7 Å². The minimum Gasteiger partial charge on any atom is -0.456 e. The van der Waals surface area contributed by atoms with Crippen molar-refractivity contribution in [2.24, 2.45) is 17.8 Å². The number of fused-ring (bicyclic) bond motifs is 1. The molecule has 0 saturated heterocycles. The third-order valence-electron chi connectivity index (χ3n) is 5.22. The van der Waals surface area contributed by atoms with E-state index in [1.54, 1.807) is 25.1 Å². The topological polar surface area (TPSA) is 134 Å². The average molecular weight is 406 g/mol. The summed E-state index contributed by atoms with van der Waals surface area (Å²) in [4.78, 5) is 46.4. The quantitative estimate of drug-likeness (QED) is 0.385. The monoisotopic (exact) mass is 406 g/mol. The summed E-state index contributed by atoms with van der Waals surface area (Å²) < 4.78 is 15.4. The summed E-state index contributed by atoms with van der Waals surface area (Å²) in [6.07, 6.45) is -0.0381. The largest absolute Gasteiger partial charge is 0.456 e. The summed E-state index contributed by atoms with van der Waals surface area (Å²) in [5.41, 5.74) is 0.794. The van der Waals surface area contributed by atoms with Gasteiger partial charge in [-0.05, 0) is 23.6 Å². The Morgan fingerprint density at radius 2 is 2.07 bits per heavy atom. The highest BCUT2D eigenvalue weighted by Crippen LogP contribution is 2.36. The number of nitrogens with zero attached hydrogens (tertiary/aromatic N) is 1. The van der Waals surface area contributed by atoms with E-state index in [-0.39, 0.29) is 44.4 Å². The Bertz CT molecular complexity index is 824. The lowest BCUT2D eigenvalue weighted by atomic mass is 9.88. The highest BCUT2D eigenvalue weighted by Gasteiger charge is 2.44. The Morgan fingerprint density at radius 3 is 2.83 bits per heavy atom. The van der Waals surface area contributed by atoms with Crippen LogP contribution in [0.5, 0.6) is 11.5 Å². The van der Waals surface area contributed by atoms with Gasteiger partial charge in [-0.1, -0.05) is 13.0 Å². The molecule has 10 heteroatoms. The van der Waals surface area contributed by atoms with E-state index in [1.807, 2.05) is 0 Å². The Balaban J connectivity index is 1.43. The lowest BCUT2D eigenvalue weighted by Crippen LogP contribution is -2.30. The molecule has 1 aliphatic carbocycles. The second kappa shape index (κ2) is 8.89. The molecule has 156 valence electrons.